The number of hydrogen-bond acceptors (Lipinski definition) is 4. The molecule has 3 fully saturated rings. The Kier molecular flexibility index (Phi) is 8.59. The summed E-state index contributed by atoms with van der Waals surface area (Å²) in [5.74, 6) is 2.36. The summed E-state index contributed by atoms with van der Waals surface area (Å²) in [4.78, 5) is 28.3. The second-order valence-electron chi connectivity index (χ2n) is 13.7. The van der Waals surface area contributed by atoms with Gasteiger partial charge >= 0.3 is 0 Å². The lowest BCUT2D eigenvalue weighted by Gasteiger charge is -2.62. The first-order chi connectivity index (χ1) is 17.4. The molecule has 37 heavy (non-hydrogen) atoms. The third kappa shape index (κ3) is 4.95. The van der Waals surface area contributed by atoms with Gasteiger partial charge in [-0.1, -0.05) is 73.6 Å². The Morgan fingerprint density at radius 1 is 0.973 bits per heavy atom. The molecule has 3 aliphatic carbocycles. The number of fused-ring (bicyclic) bond motifs is 3. The van der Waals surface area contributed by atoms with Gasteiger partial charge in [0.1, 0.15) is 11.6 Å². The van der Waals surface area contributed by atoms with Gasteiger partial charge in [0.05, 0.1) is 0 Å². The molecule has 1 aromatic rings. The van der Waals surface area contributed by atoms with E-state index in [2.05, 4.69) is 79.7 Å². The van der Waals surface area contributed by atoms with E-state index < -0.39 is 8.32 Å². The van der Waals surface area contributed by atoms with Crippen LogP contribution in [0.25, 0.3) is 0 Å². The first-order valence-corrected chi connectivity index (χ1v) is 17.9. The maximum Gasteiger partial charge on any atom is 0.200 e. The van der Waals surface area contributed by atoms with Crippen molar-refractivity contribution in [3.05, 3.63) is 30.3 Å². The first kappa shape index (κ1) is 29.1. The fourth-order valence-electron chi connectivity index (χ4n) is 9.09. The van der Waals surface area contributed by atoms with Gasteiger partial charge in [-0.3, -0.25) is 9.59 Å². The van der Waals surface area contributed by atoms with E-state index in [-0.39, 0.29) is 22.9 Å². The van der Waals surface area contributed by atoms with Crippen molar-refractivity contribution in [1.82, 2.24) is 0 Å². The molecule has 3 saturated carbocycles. The minimum absolute atomic E-state index is 0.0121. The Morgan fingerprint density at radius 3 is 2.19 bits per heavy atom. The summed E-state index contributed by atoms with van der Waals surface area (Å²) in [5, 5.41) is 0. The zero-order chi connectivity index (χ0) is 27.2. The van der Waals surface area contributed by atoms with Crippen LogP contribution in [0.1, 0.15) is 93.9 Å². The number of hydrogen-bond donors (Lipinski definition) is 0. The van der Waals surface area contributed by atoms with Gasteiger partial charge in [0, 0.05) is 41.4 Å². The monoisotopic (exact) mass is 542 g/mol. The van der Waals surface area contributed by atoms with Crippen molar-refractivity contribution < 1.29 is 14.0 Å². The summed E-state index contributed by atoms with van der Waals surface area (Å²) in [7, 11) is -2.01. The number of benzene rings is 1. The Labute approximate surface area is 231 Å². The van der Waals surface area contributed by atoms with Crippen molar-refractivity contribution in [3.63, 3.8) is 0 Å². The maximum atomic E-state index is 14.2. The van der Waals surface area contributed by atoms with E-state index >= 15 is 0 Å². The molecule has 0 aromatic heterocycles. The first-order valence-electron chi connectivity index (χ1n) is 14.8. The summed E-state index contributed by atoms with van der Waals surface area (Å²) in [6, 6.07) is 10.5. The van der Waals surface area contributed by atoms with Crippen LogP contribution >= 0.6 is 11.8 Å². The van der Waals surface area contributed by atoms with Crippen LogP contribution in [0, 0.1) is 28.6 Å². The maximum absolute atomic E-state index is 14.2. The van der Waals surface area contributed by atoms with Crippen molar-refractivity contribution in [2.24, 2.45) is 28.6 Å². The normalized spacial score (nSPS) is 34.7. The largest absolute Gasteiger partial charge is 0.413 e. The van der Waals surface area contributed by atoms with Gasteiger partial charge in [-0.05, 0) is 71.2 Å². The Morgan fingerprint density at radius 2 is 1.59 bits per heavy atom. The standard InChI is InChI=1S/C32H50O3SSi/c1-21(2)37(22(3)4,23(5)6)35-28-15-16-31(8)27(24(28)7)19-30(34)32(17-14-25(33)18-29(31)32)20-36-26-12-10-9-11-13-26/h9-13,21-24,27-29H,14-20H2,1-8H3/t24-,27-,28-,29-,31-,32-/m0/s1. The molecule has 0 radical (unpaired) electrons. The lowest BCUT2D eigenvalue weighted by Crippen LogP contribution is -2.63. The summed E-state index contributed by atoms with van der Waals surface area (Å²) in [5.41, 5.74) is 1.30. The number of thioether (sulfide) groups is 1. The zero-order valence-corrected chi connectivity index (χ0v) is 26.3. The second kappa shape index (κ2) is 10.9. The highest BCUT2D eigenvalue weighted by atomic mass is 32.2. The minimum Gasteiger partial charge on any atom is -0.413 e. The number of ketones is 2. The molecule has 3 nitrogen and oxygen atoms in total. The summed E-state index contributed by atoms with van der Waals surface area (Å²) in [6.07, 6.45) is 4.85. The summed E-state index contributed by atoms with van der Waals surface area (Å²) in [6.45, 7) is 19.0. The number of carbonyl (C=O) groups excluding carboxylic acids is 2. The molecule has 6 atom stereocenters. The van der Waals surface area contributed by atoms with Gasteiger partial charge < -0.3 is 4.43 Å². The van der Waals surface area contributed by atoms with Gasteiger partial charge in [0.2, 0.25) is 8.32 Å². The summed E-state index contributed by atoms with van der Waals surface area (Å²) < 4.78 is 7.35. The molecule has 4 rings (SSSR count). The predicted molar refractivity (Wildman–Crippen MR) is 157 cm³/mol. The Bertz CT molecular complexity index is 954. The van der Waals surface area contributed by atoms with E-state index in [0.29, 0.717) is 59.3 Å². The molecular weight excluding hydrogens is 493 g/mol. The smallest absolute Gasteiger partial charge is 0.200 e. The molecule has 0 amide bonds. The SMILES string of the molecule is CC(C)[Si](O[C@H]1CC[C@]2(C)[C@@H]3CC(=O)CC[C@@]3(CSc3ccccc3)C(=O)C[C@H]2[C@@H]1C)(C(C)C)C(C)C. The second-order valence-corrected chi connectivity index (χ2v) is 20.1. The van der Waals surface area contributed by atoms with Crippen LogP contribution in [-0.4, -0.2) is 31.7 Å². The zero-order valence-electron chi connectivity index (χ0n) is 24.5. The molecule has 0 spiro atoms. The highest BCUT2D eigenvalue weighted by Crippen LogP contribution is 2.65. The molecule has 3 aliphatic rings. The van der Waals surface area contributed by atoms with Gasteiger partial charge in [-0.25, -0.2) is 0 Å². The van der Waals surface area contributed by atoms with Crippen LogP contribution in [0.15, 0.2) is 35.2 Å². The van der Waals surface area contributed by atoms with Crippen molar-refractivity contribution in [2.45, 2.75) is 122 Å². The fourth-order valence-corrected chi connectivity index (χ4v) is 16.0. The third-order valence-corrected chi connectivity index (χ3v) is 18.4. The molecule has 0 saturated heterocycles. The molecular formula is C32H50O3SSi. The fraction of sp³-hybridized carbons (Fsp3) is 0.750. The molecule has 1 aromatic carbocycles. The molecule has 0 heterocycles. The quantitative estimate of drug-likeness (QED) is 0.243. The molecule has 0 unspecified atom stereocenters. The van der Waals surface area contributed by atoms with Gasteiger partial charge in [0.25, 0.3) is 0 Å². The number of carbonyl (C=O) groups is 2. The topological polar surface area (TPSA) is 43.4 Å². The van der Waals surface area contributed by atoms with E-state index in [9.17, 15) is 9.59 Å². The Hall–Kier alpha value is -0.913. The molecule has 5 heteroatoms. The molecule has 0 N–H and O–H groups in total. The van der Waals surface area contributed by atoms with Crippen molar-refractivity contribution in [1.29, 1.82) is 0 Å². The van der Waals surface area contributed by atoms with Crippen molar-refractivity contribution >= 4 is 31.6 Å². The highest BCUT2D eigenvalue weighted by molar-refractivity contribution is 7.99. The van der Waals surface area contributed by atoms with E-state index in [1.165, 1.54) is 4.90 Å². The molecule has 206 valence electrons. The van der Waals surface area contributed by atoms with Crippen LogP contribution in [0.5, 0.6) is 0 Å². The minimum atomic E-state index is -2.01. The van der Waals surface area contributed by atoms with Gasteiger partial charge in [-0.15, -0.1) is 11.8 Å². The number of rotatable bonds is 8. The third-order valence-electron chi connectivity index (χ3n) is 11.0. The van der Waals surface area contributed by atoms with E-state index in [0.717, 1.165) is 25.0 Å². The van der Waals surface area contributed by atoms with Gasteiger partial charge in [-0.2, -0.15) is 0 Å². The summed E-state index contributed by atoms with van der Waals surface area (Å²) >= 11 is 1.81. The van der Waals surface area contributed by atoms with Crippen molar-refractivity contribution in [2.75, 3.05) is 5.75 Å². The average Bonchev–Trinajstić information content (AvgIpc) is 2.85. The van der Waals surface area contributed by atoms with E-state index in [4.69, 9.17) is 4.43 Å². The van der Waals surface area contributed by atoms with Crippen LogP contribution in [0.3, 0.4) is 0 Å². The lowest BCUT2D eigenvalue weighted by atomic mass is 9.43. The van der Waals surface area contributed by atoms with Crippen LogP contribution in [0.4, 0.5) is 0 Å². The highest BCUT2D eigenvalue weighted by Gasteiger charge is 2.64. The average molecular weight is 543 g/mol. The van der Waals surface area contributed by atoms with E-state index in [1.807, 2.05) is 17.8 Å². The van der Waals surface area contributed by atoms with Crippen LogP contribution < -0.4 is 0 Å². The molecule has 0 aliphatic heterocycles. The van der Waals surface area contributed by atoms with Crippen LogP contribution in [-0.2, 0) is 14.0 Å². The van der Waals surface area contributed by atoms with Gasteiger partial charge in [0.15, 0.2) is 0 Å². The predicted octanol–water partition coefficient (Wildman–Crippen LogP) is 8.72. The van der Waals surface area contributed by atoms with Crippen molar-refractivity contribution in [3.8, 4) is 0 Å². The Balaban J connectivity index is 1.63. The van der Waals surface area contributed by atoms with Crippen LogP contribution in [0.2, 0.25) is 16.6 Å². The number of Topliss-reactive ketones (excluding diaryl/α,β-unsaturated/α-hetero) is 2. The molecule has 0 bridgehead atoms. The van der Waals surface area contributed by atoms with E-state index in [1.54, 1.807) is 0 Å². The lowest BCUT2D eigenvalue weighted by molar-refractivity contribution is -0.170.